The van der Waals surface area contributed by atoms with Gasteiger partial charge in [0, 0.05) is 13.1 Å². The van der Waals surface area contributed by atoms with Crippen LogP contribution in [0.2, 0.25) is 0 Å². The third-order valence-electron chi connectivity index (χ3n) is 7.31. The molecule has 1 aliphatic carbocycles. The van der Waals surface area contributed by atoms with Gasteiger partial charge in [-0.25, -0.2) is 15.0 Å². The zero-order chi connectivity index (χ0) is 21.7. The van der Waals surface area contributed by atoms with E-state index in [0.29, 0.717) is 5.92 Å². The van der Waals surface area contributed by atoms with Gasteiger partial charge in [-0.1, -0.05) is 44.2 Å². The lowest BCUT2D eigenvalue weighted by Gasteiger charge is -2.32. The predicted octanol–water partition coefficient (Wildman–Crippen LogP) is 5.84. The number of aryl methyl sites for hydroxylation is 1. The molecule has 2 aliphatic rings. The van der Waals surface area contributed by atoms with Crippen molar-refractivity contribution in [2.45, 2.75) is 58.3 Å². The van der Waals surface area contributed by atoms with Crippen LogP contribution in [0.5, 0.6) is 0 Å². The first kappa shape index (κ1) is 19.7. The van der Waals surface area contributed by atoms with Crippen molar-refractivity contribution in [3.63, 3.8) is 0 Å². The number of hydrogen-bond acceptors (Lipinski definition) is 5. The van der Waals surface area contributed by atoms with Gasteiger partial charge in [-0.2, -0.15) is 0 Å². The van der Waals surface area contributed by atoms with Crippen molar-refractivity contribution in [1.82, 2.24) is 15.0 Å². The summed E-state index contributed by atoms with van der Waals surface area (Å²) in [5.74, 6) is 2.05. The Hall–Kier alpha value is -2.95. The van der Waals surface area contributed by atoms with E-state index in [9.17, 15) is 0 Å². The Balaban J connectivity index is 1.33. The highest BCUT2D eigenvalue weighted by Gasteiger charge is 2.28. The number of aromatic nitrogens is 3. The van der Waals surface area contributed by atoms with Crippen molar-refractivity contribution in [3.8, 4) is 0 Å². The van der Waals surface area contributed by atoms with Gasteiger partial charge in [-0.15, -0.1) is 0 Å². The summed E-state index contributed by atoms with van der Waals surface area (Å²) >= 11 is 0. The van der Waals surface area contributed by atoms with E-state index in [0.717, 1.165) is 66.3 Å². The Bertz CT molecular complexity index is 1270. The molecule has 0 bridgehead atoms. The lowest BCUT2D eigenvalue weighted by molar-refractivity contribution is 0.402. The monoisotopic (exact) mass is 426 g/mol. The summed E-state index contributed by atoms with van der Waals surface area (Å²) in [6.45, 7) is 6.45. The highest BCUT2D eigenvalue weighted by atomic mass is 16.3. The van der Waals surface area contributed by atoms with E-state index in [4.69, 9.17) is 9.40 Å². The maximum Gasteiger partial charge on any atom is 0.229 e. The topological polar surface area (TPSA) is 55.1 Å². The van der Waals surface area contributed by atoms with E-state index in [2.05, 4.69) is 59.0 Å². The molecule has 1 aromatic carbocycles. The van der Waals surface area contributed by atoms with E-state index >= 15 is 0 Å². The molecule has 0 N–H and O–H groups in total. The van der Waals surface area contributed by atoms with Gasteiger partial charge in [0.1, 0.15) is 11.8 Å². The molecule has 1 fully saturated rings. The second-order valence-electron chi connectivity index (χ2n) is 9.74. The minimum Gasteiger partial charge on any atom is -0.432 e. The van der Waals surface area contributed by atoms with Crippen LogP contribution in [-0.2, 0) is 19.3 Å². The minimum absolute atomic E-state index is 0.397. The van der Waals surface area contributed by atoms with Gasteiger partial charge < -0.3 is 9.32 Å². The number of furan rings is 1. The summed E-state index contributed by atoms with van der Waals surface area (Å²) in [7, 11) is 0. The summed E-state index contributed by atoms with van der Waals surface area (Å²) in [6.07, 6.45) is 8.61. The quantitative estimate of drug-likeness (QED) is 0.410. The molecule has 0 spiro atoms. The molecule has 5 heteroatoms. The van der Waals surface area contributed by atoms with Crippen LogP contribution in [0.25, 0.3) is 22.2 Å². The van der Waals surface area contributed by atoms with Crippen molar-refractivity contribution in [2.24, 2.45) is 5.92 Å². The third kappa shape index (κ3) is 3.26. The van der Waals surface area contributed by atoms with Crippen LogP contribution in [0.1, 0.15) is 61.4 Å². The van der Waals surface area contributed by atoms with Gasteiger partial charge in [0.05, 0.1) is 11.1 Å². The van der Waals surface area contributed by atoms with Gasteiger partial charge in [0.15, 0.2) is 11.4 Å². The number of anilines is 1. The molecule has 0 atom stereocenters. The van der Waals surface area contributed by atoms with Crippen LogP contribution < -0.4 is 4.90 Å². The average Bonchev–Trinajstić information content (AvgIpc) is 3.44. The van der Waals surface area contributed by atoms with E-state index in [-0.39, 0.29) is 0 Å². The van der Waals surface area contributed by atoms with Gasteiger partial charge in [0.25, 0.3) is 0 Å². The molecule has 4 aromatic rings. The molecule has 6 rings (SSSR count). The number of fused-ring (bicyclic) bond motifs is 5. The SMILES string of the molecule is CC(C)c1nc2oc3c(N4CCC(Cc5ccccc5)CC4)ncnc3c2c2c1CCC2. The molecule has 1 aliphatic heterocycles. The Kier molecular flexibility index (Phi) is 4.85. The Morgan fingerprint density at radius 3 is 2.59 bits per heavy atom. The number of piperidine rings is 1. The van der Waals surface area contributed by atoms with Crippen molar-refractivity contribution in [2.75, 3.05) is 18.0 Å². The molecule has 0 radical (unpaired) electrons. The first-order valence-corrected chi connectivity index (χ1v) is 12.1. The zero-order valence-electron chi connectivity index (χ0n) is 19.0. The molecule has 5 nitrogen and oxygen atoms in total. The van der Waals surface area contributed by atoms with Gasteiger partial charge in [0.2, 0.25) is 5.71 Å². The van der Waals surface area contributed by atoms with E-state index in [1.54, 1.807) is 6.33 Å². The Morgan fingerprint density at radius 2 is 1.81 bits per heavy atom. The highest BCUT2D eigenvalue weighted by Crippen LogP contribution is 2.40. The first-order chi connectivity index (χ1) is 15.7. The second-order valence-corrected chi connectivity index (χ2v) is 9.74. The number of rotatable bonds is 4. The average molecular weight is 427 g/mol. The molecule has 164 valence electrons. The molecular formula is C27H30N4O. The standard InChI is InChI=1S/C27H30N4O/c1-17(2)23-21-10-6-9-20(21)22-24-25(32-27(22)30-23)26(29-16-28-24)31-13-11-19(12-14-31)15-18-7-4-3-5-8-18/h3-5,7-8,16-17,19H,6,9-15H2,1-2H3. The highest BCUT2D eigenvalue weighted by molar-refractivity contribution is 6.06. The Morgan fingerprint density at radius 1 is 1.03 bits per heavy atom. The molecular weight excluding hydrogens is 396 g/mol. The largest absolute Gasteiger partial charge is 0.432 e. The fourth-order valence-corrected chi connectivity index (χ4v) is 5.71. The molecule has 0 amide bonds. The maximum atomic E-state index is 6.40. The smallest absolute Gasteiger partial charge is 0.229 e. The fourth-order valence-electron chi connectivity index (χ4n) is 5.71. The van der Waals surface area contributed by atoms with Crippen molar-refractivity contribution < 1.29 is 4.42 Å². The van der Waals surface area contributed by atoms with Crippen LogP contribution in [0.4, 0.5) is 5.82 Å². The second kappa shape index (κ2) is 7.88. The summed E-state index contributed by atoms with van der Waals surface area (Å²) in [5, 5.41) is 1.12. The molecule has 3 aromatic heterocycles. The fraction of sp³-hybridized carbons (Fsp3) is 0.444. The third-order valence-corrected chi connectivity index (χ3v) is 7.31. The molecule has 1 saturated heterocycles. The summed E-state index contributed by atoms with van der Waals surface area (Å²) in [4.78, 5) is 16.7. The van der Waals surface area contributed by atoms with Crippen LogP contribution in [0.3, 0.4) is 0 Å². The van der Waals surface area contributed by atoms with Gasteiger partial charge >= 0.3 is 0 Å². The number of pyridine rings is 1. The van der Waals surface area contributed by atoms with Crippen LogP contribution >= 0.6 is 0 Å². The van der Waals surface area contributed by atoms with Gasteiger partial charge in [-0.3, -0.25) is 0 Å². The van der Waals surface area contributed by atoms with Gasteiger partial charge in [-0.05, 0) is 67.1 Å². The van der Waals surface area contributed by atoms with Crippen LogP contribution in [0, 0.1) is 5.92 Å². The predicted molar refractivity (Wildman–Crippen MR) is 128 cm³/mol. The number of hydrogen-bond donors (Lipinski definition) is 0. The van der Waals surface area contributed by atoms with E-state index in [1.165, 1.54) is 41.6 Å². The molecule has 4 heterocycles. The van der Waals surface area contributed by atoms with Crippen molar-refractivity contribution in [3.05, 3.63) is 59.0 Å². The summed E-state index contributed by atoms with van der Waals surface area (Å²) < 4.78 is 6.40. The minimum atomic E-state index is 0.397. The van der Waals surface area contributed by atoms with E-state index in [1.807, 2.05) is 0 Å². The maximum absolute atomic E-state index is 6.40. The molecule has 0 unspecified atom stereocenters. The number of nitrogens with zero attached hydrogens (tertiary/aromatic N) is 4. The first-order valence-electron chi connectivity index (χ1n) is 12.1. The Labute approximate surface area is 188 Å². The van der Waals surface area contributed by atoms with Crippen LogP contribution in [0.15, 0.2) is 41.1 Å². The summed E-state index contributed by atoms with van der Waals surface area (Å²) in [6, 6.07) is 10.9. The zero-order valence-corrected chi connectivity index (χ0v) is 19.0. The van der Waals surface area contributed by atoms with Crippen molar-refractivity contribution in [1.29, 1.82) is 0 Å². The molecule has 32 heavy (non-hydrogen) atoms. The van der Waals surface area contributed by atoms with Crippen LogP contribution in [-0.4, -0.2) is 28.0 Å². The summed E-state index contributed by atoms with van der Waals surface area (Å²) in [5.41, 5.74) is 7.96. The lowest BCUT2D eigenvalue weighted by Crippen LogP contribution is -2.35. The normalized spacial score (nSPS) is 17.0. The van der Waals surface area contributed by atoms with E-state index < -0.39 is 0 Å². The molecule has 0 saturated carbocycles. The number of benzene rings is 1. The van der Waals surface area contributed by atoms with Crippen molar-refractivity contribution >= 4 is 28.0 Å². The lowest BCUT2D eigenvalue weighted by atomic mass is 9.90.